The molecule has 0 bridgehead atoms. The first kappa shape index (κ1) is 8.45. The van der Waals surface area contributed by atoms with E-state index in [2.05, 4.69) is 6.92 Å². The van der Waals surface area contributed by atoms with Crippen molar-refractivity contribution in [3.8, 4) is 0 Å². The minimum Gasteiger partial charge on any atom is -0.289 e. The van der Waals surface area contributed by atoms with Crippen LogP contribution < -0.4 is 5.43 Å². The van der Waals surface area contributed by atoms with E-state index in [9.17, 15) is 4.79 Å². The first-order chi connectivity index (χ1) is 6.31. The van der Waals surface area contributed by atoms with Crippen LogP contribution in [-0.2, 0) is 6.42 Å². The van der Waals surface area contributed by atoms with Gasteiger partial charge in [0.15, 0.2) is 5.43 Å². The average molecular weight is 190 g/mol. The molecule has 1 nitrogen and oxygen atoms in total. The molecule has 2 aromatic rings. The van der Waals surface area contributed by atoms with Gasteiger partial charge in [0.05, 0.1) is 0 Å². The lowest BCUT2D eigenvalue weighted by atomic mass is 10.2. The highest BCUT2D eigenvalue weighted by molar-refractivity contribution is 7.18. The van der Waals surface area contributed by atoms with Crippen molar-refractivity contribution in [3.05, 3.63) is 45.4 Å². The molecular formula is C11H10OS. The van der Waals surface area contributed by atoms with Crippen molar-refractivity contribution >= 4 is 21.4 Å². The third kappa shape index (κ3) is 1.49. The maximum absolute atomic E-state index is 11.6. The van der Waals surface area contributed by atoms with Gasteiger partial charge in [-0.1, -0.05) is 19.1 Å². The van der Waals surface area contributed by atoms with Crippen molar-refractivity contribution in [1.29, 1.82) is 0 Å². The Hall–Kier alpha value is -1.15. The molecule has 1 heterocycles. The van der Waals surface area contributed by atoms with Crippen LogP contribution in [-0.4, -0.2) is 0 Å². The Morgan fingerprint density at radius 3 is 2.85 bits per heavy atom. The summed E-state index contributed by atoms with van der Waals surface area (Å²) in [6.45, 7) is 2.07. The Balaban J connectivity index is 2.85. The standard InChI is InChI=1S/C11H10OS/c1-2-8-7-10(12)9-5-3-4-6-11(9)13-8/h3-7H,2H2,1H3. The zero-order valence-electron chi connectivity index (χ0n) is 7.41. The van der Waals surface area contributed by atoms with E-state index in [1.54, 1.807) is 17.4 Å². The molecule has 66 valence electrons. The quantitative estimate of drug-likeness (QED) is 0.675. The van der Waals surface area contributed by atoms with Gasteiger partial charge in [0.1, 0.15) is 0 Å². The van der Waals surface area contributed by atoms with Crippen molar-refractivity contribution in [1.82, 2.24) is 0 Å². The summed E-state index contributed by atoms with van der Waals surface area (Å²) in [6.07, 6.45) is 0.935. The van der Waals surface area contributed by atoms with Gasteiger partial charge in [-0.2, -0.15) is 0 Å². The van der Waals surface area contributed by atoms with E-state index >= 15 is 0 Å². The molecule has 0 fully saturated rings. The molecule has 0 aliphatic carbocycles. The predicted octanol–water partition coefficient (Wildman–Crippen LogP) is 2.82. The molecule has 0 aliphatic rings. The van der Waals surface area contributed by atoms with E-state index in [4.69, 9.17) is 0 Å². The van der Waals surface area contributed by atoms with Crippen LogP contribution in [0.15, 0.2) is 35.1 Å². The highest BCUT2D eigenvalue weighted by Gasteiger charge is 1.99. The molecule has 0 spiro atoms. The highest BCUT2D eigenvalue weighted by Crippen LogP contribution is 2.18. The van der Waals surface area contributed by atoms with Crippen LogP contribution in [0.5, 0.6) is 0 Å². The Morgan fingerprint density at radius 1 is 1.31 bits per heavy atom. The number of aryl methyl sites for hydroxylation is 1. The molecule has 1 aromatic carbocycles. The van der Waals surface area contributed by atoms with Crippen molar-refractivity contribution in [3.63, 3.8) is 0 Å². The Labute approximate surface area is 80.7 Å². The van der Waals surface area contributed by atoms with Gasteiger partial charge in [-0.15, -0.1) is 11.3 Å². The number of rotatable bonds is 1. The SMILES string of the molecule is CCc1cc(=O)c2ccccc2s1. The van der Waals surface area contributed by atoms with E-state index in [-0.39, 0.29) is 5.43 Å². The van der Waals surface area contributed by atoms with Crippen LogP contribution >= 0.6 is 11.3 Å². The fourth-order valence-electron chi connectivity index (χ4n) is 1.33. The second-order valence-corrected chi connectivity index (χ2v) is 4.10. The van der Waals surface area contributed by atoms with Gasteiger partial charge in [-0.3, -0.25) is 4.79 Å². The maximum Gasteiger partial charge on any atom is 0.188 e. The van der Waals surface area contributed by atoms with Crippen LogP contribution in [0, 0.1) is 0 Å². The smallest absolute Gasteiger partial charge is 0.188 e. The molecule has 0 aliphatic heterocycles. The highest BCUT2D eigenvalue weighted by atomic mass is 32.1. The summed E-state index contributed by atoms with van der Waals surface area (Å²) in [7, 11) is 0. The summed E-state index contributed by atoms with van der Waals surface area (Å²) < 4.78 is 1.09. The zero-order chi connectivity index (χ0) is 9.26. The first-order valence-corrected chi connectivity index (χ1v) is 5.14. The van der Waals surface area contributed by atoms with Crippen molar-refractivity contribution < 1.29 is 0 Å². The van der Waals surface area contributed by atoms with Gasteiger partial charge in [0, 0.05) is 15.0 Å². The number of hydrogen-bond donors (Lipinski definition) is 0. The van der Waals surface area contributed by atoms with Gasteiger partial charge in [0.25, 0.3) is 0 Å². The maximum atomic E-state index is 11.6. The molecule has 13 heavy (non-hydrogen) atoms. The molecule has 0 N–H and O–H groups in total. The van der Waals surface area contributed by atoms with Gasteiger partial charge in [-0.25, -0.2) is 0 Å². The minimum atomic E-state index is 0.145. The van der Waals surface area contributed by atoms with E-state index in [0.29, 0.717) is 0 Å². The number of fused-ring (bicyclic) bond motifs is 1. The van der Waals surface area contributed by atoms with Gasteiger partial charge >= 0.3 is 0 Å². The summed E-state index contributed by atoms with van der Waals surface area (Å²) in [6, 6.07) is 9.50. The molecule has 0 radical (unpaired) electrons. The van der Waals surface area contributed by atoms with Gasteiger partial charge in [-0.05, 0) is 24.6 Å². The third-order valence-electron chi connectivity index (χ3n) is 2.03. The van der Waals surface area contributed by atoms with Crippen LogP contribution in [0.1, 0.15) is 11.8 Å². The molecular weight excluding hydrogens is 180 g/mol. The lowest BCUT2D eigenvalue weighted by Gasteiger charge is -1.97. The lowest BCUT2D eigenvalue weighted by molar-refractivity contribution is 1.18. The molecule has 2 heteroatoms. The minimum absolute atomic E-state index is 0.145. The van der Waals surface area contributed by atoms with Crippen molar-refractivity contribution in [2.24, 2.45) is 0 Å². The van der Waals surface area contributed by atoms with Gasteiger partial charge < -0.3 is 0 Å². The normalized spacial score (nSPS) is 10.5. The van der Waals surface area contributed by atoms with E-state index in [1.165, 1.54) is 0 Å². The summed E-state index contributed by atoms with van der Waals surface area (Å²) in [5.41, 5.74) is 0.145. The molecule has 0 unspecified atom stereocenters. The molecule has 0 amide bonds. The summed E-state index contributed by atoms with van der Waals surface area (Å²) in [4.78, 5) is 12.7. The largest absolute Gasteiger partial charge is 0.289 e. The van der Waals surface area contributed by atoms with E-state index in [1.807, 2.05) is 24.3 Å². The summed E-state index contributed by atoms with van der Waals surface area (Å²) in [5, 5.41) is 0.838. The molecule has 0 saturated carbocycles. The Bertz CT molecular complexity index is 485. The lowest BCUT2D eigenvalue weighted by Crippen LogP contribution is -1.99. The number of benzene rings is 1. The fraction of sp³-hybridized carbons (Fsp3) is 0.182. The van der Waals surface area contributed by atoms with Crippen molar-refractivity contribution in [2.75, 3.05) is 0 Å². The first-order valence-electron chi connectivity index (χ1n) is 4.33. The predicted molar refractivity (Wildman–Crippen MR) is 57.5 cm³/mol. The second kappa shape index (κ2) is 3.30. The van der Waals surface area contributed by atoms with Crippen molar-refractivity contribution in [2.45, 2.75) is 13.3 Å². The van der Waals surface area contributed by atoms with E-state index in [0.717, 1.165) is 21.4 Å². The number of hydrogen-bond acceptors (Lipinski definition) is 2. The van der Waals surface area contributed by atoms with Gasteiger partial charge in [0.2, 0.25) is 0 Å². The zero-order valence-corrected chi connectivity index (χ0v) is 8.23. The Kier molecular flexibility index (Phi) is 2.15. The second-order valence-electron chi connectivity index (χ2n) is 2.93. The Morgan fingerprint density at radius 2 is 2.08 bits per heavy atom. The monoisotopic (exact) mass is 190 g/mol. The molecule has 0 saturated heterocycles. The topological polar surface area (TPSA) is 17.1 Å². The fourth-order valence-corrected chi connectivity index (χ4v) is 2.35. The molecule has 0 atom stereocenters. The van der Waals surface area contributed by atoms with Crippen LogP contribution in [0.25, 0.3) is 10.1 Å². The van der Waals surface area contributed by atoms with Crippen LogP contribution in [0.3, 0.4) is 0 Å². The molecule has 2 rings (SSSR count). The average Bonchev–Trinajstić information content (AvgIpc) is 2.18. The van der Waals surface area contributed by atoms with E-state index < -0.39 is 0 Å². The van der Waals surface area contributed by atoms with Crippen LogP contribution in [0.4, 0.5) is 0 Å². The van der Waals surface area contributed by atoms with Crippen LogP contribution in [0.2, 0.25) is 0 Å². The summed E-state index contributed by atoms with van der Waals surface area (Å²) in [5.74, 6) is 0. The molecule has 1 aromatic heterocycles. The third-order valence-corrected chi connectivity index (χ3v) is 3.28. The summed E-state index contributed by atoms with van der Waals surface area (Å²) >= 11 is 1.70.